The Labute approximate surface area is 113 Å². The summed E-state index contributed by atoms with van der Waals surface area (Å²) in [5.74, 6) is -0.688. The average Bonchev–Trinajstić information content (AvgIpc) is 2.17. The van der Waals surface area contributed by atoms with E-state index in [-0.39, 0.29) is 3.57 Å². The third kappa shape index (κ3) is 3.31. The minimum atomic E-state index is -4.79. The van der Waals surface area contributed by atoms with Crippen molar-refractivity contribution in [3.63, 3.8) is 0 Å². The second-order valence-electron chi connectivity index (χ2n) is 3.29. The van der Waals surface area contributed by atoms with Crippen LogP contribution in [0.1, 0.15) is 12.5 Å². The largest absolute Gasteiger partial charge is 0.418 e. The first-order valence-corrected chi connectivity index (χ1v) is 5.53. The number of halogens is 4. The van der Waals surface area contributed by atoms with Crippen molar-refractivity contribution in [2.24, 2.45) is 0 Å². The zero-order valence-corrected chi connectivity index (χ0v) is 11.0. The van der Waals surface area contributed by atoms with Crippen LogP contribution >= 0.6 is 22.6 Å². The maximum Gasteiger partial charge on any atom is 0.418 e. The Hall–Kier alpha value is -1.39. The van der Waals surface area contributed by atoms with Gasteiger partial charge >= 0.3 is 6.18 Å². The van der Waals surface area contributed by atoms with E-state index in [0.717, 1.165) is 13.0 Å². The normalized spacial score (nSPS) is 11.2. The number of hydrogen-bond donors (Lipinski definition) is 1. The minimum Gasteiger partial charge on any atom is -0.325 e. The van der Waals surface area contributed by atoms with E-state index in [9.17, 15) is 28.1 Å². The van der Waals surface area contributed by atoms with Gasteiger partial charge in [-0.3, -0.25) is 14.9 Å². The summed E-state index contributed by atoms with van der Waals surface area (Å²) in [6.07, 6.45) is -4.79. The number of carbonyl (C=O) groups excluding carboxylic acids is 1. The zero-order valence-electron chi connectivity index (χ0n) is 8.84. The molecule has 0 aromatic heterocycles. The van der Waals surface area contributed by atoms with Crippen molar-refractivity contribution < 1.29 is 22.9 Å². The number of benzene rings is 1. The molecule has 0 saturated heterocycles. The van der Waals surface area contributed by atoms with Gasteiger partial charge in [-0.15, -0.1) is 0 Å². The highest BCUT2D eigenvalue weighted by Gasteiger charge is 2.36. The second-order valence-corrected chi connectivity index (χ2v) is 4.45. The molecule has 0 spiro atoms. The third-order valence-electron chi connectivity index (χ3n) is 1.89. The second kappa shape index (κ2) is 5.08. The molecular weight excluding hydrogens is 368 g/mol. The molecule has 1 N–H and O–H groups in total. The van der Waals surface area contributed by atoms with Gasteiger partial charge in [-0.2, -0.15) is 13.2 Å². The Balaban J connectivity index is 3.49. The molecule has 5 nitrogen and oxygen atoms in total. The molecule has 98 valence electrons. The smallest absolute Gasteiger partial charge is 0.325 e. The van der Waals surface area contributed by atoms with Crippen LogP contribution in [0, 0.1) is 13.7 Å². The Morgan fingerprint density at radius 3 is 2.39 bits per heavy atom. The molecule has 1 amide bonds. The molecule has 1 rings (SSSR count). The summed E-state index contributed by atoms with van der Waals surface area (Å²) in [5, 5.41) is 12.5. The Kier molecular flexibility index (Phi) is 4.14. The van der Waals surface area contributed by atoms with E-state index < -0.39 is 33.9 Å². The van der Waals surface area contributed by atoms with E-state index >= 15 is 0 Å². The number of hydrogen-bond acceptors (Lipinski definition) is 3. The van der Waals surface area contributed by atoms with Gasteiger partial charge < -0.3 is 5.32 Å². The first-order valence-electron chi connectivity index (χ1n) is 4.45. The highest BCUT2D eigenvalue weighted by atomic mass is 127. The van der Waals surface area contributed by atoms with E-state index in [1.807, 2.05) is 5.32 Å². The number of rotatable bonds is 2. The van der Waals surface area contributed by atoms with Gasteiger partial charge in [-0.05, 0) is 22.6 Å². The van der Waals surface area contributed by atoms with Crippen LogP contribution in [-0.2, 0) is 11.0 Å². The van der Waals surface area contributed by atoms with Gasteiger partial charge in [0, 0.05) is 22.6 Å². The van der Waals surface area contributed by atoms with Crippen molar-refractivity contribution in [2.45, 2.75) is 13.1 Å². The molecule has 1 aromatic rings. The predicted octanol–water partition coefficient (Wildman–Crippen LogP) is 3.18. The highest BCUT2D eigenvalue weighted by molar-refractivity contribution is 14.1. The number of non-ortho nitro benzene ring substituents is 1. The summed E-state index contributed by atoms with van der Waals surface area (Å²) in [7, 11) is 0. The lowest BCUT2D eigenvalue weighted by molar-refractivity contribution is -0.385. The standard InChI is InChI=1S/C9H6F3IN2O3/c1-4(16)14-8-6(9(10,11)12)2-5(15(17)18)3-7(8)13/h2-3H,1H3,(H,14,16). The van der Waals surface area contributed by atoms with E-state index in [4.69, 9.17) is 0 Å². The van der Waals surface area contributed by atoms with Gasteiger partial charge in [-0.25, -0.2) is 0 Å². The molecule has 0 aliphatic carbocycles. The Bertz CT molecular complexity index is 517. The first-order chi connectivity index (χ1) is 8.12. The van der Waals surface area contributed by atoms with Crippen molar-refractivity contribution in [1.82, 2.24) is 0 Å². The highest BCUT2D eigenvalue weighted by Crippen LogP contribution is 2.39. The first kappa shape index (κ1) is 14.7. The SMILES string of the molecule is CC(=O)Nc1c(I)cc([N+](=O)[O-])cc1C(F)(F)F. The number of nitro benzene ring substituents is 1. The van der Waals surface area contributed by atoms with Crippen LogP contribution in [0.2, 0.25) is 0 Å². The van der Waals surface area contributed by atoms with E-state index in [1.54, 1.807) is 0 Å². The number of amides is 1. The van der Waals surface area contributed by atoms with E-state index in [1.165, 1.54) is 22.6 Å². The molecule has 0 unspecified atom stereocenters. The maximum atomic E-state index is 12.7. The molecule has 0 aliphatic rings. The third-order valence-corrected chi connectivity index (χ3v) is 2.74. The van der Waals surface area contributed by atoms with Crippen molar-refractivity contribution in [1.29, 1.82) is 0 Å². The summed E-state index contributed by atoms with van der Waals surface area (Å²) < 4.78 is 38.2. The lowest BCUT2D eigenvalue weighted by Crippen LogP contribution is -2.15. The van der Waals surface area contributed by atoms with E-state index in [0.29, 0.717) is 6.07 Å². The van der Waals surface area contributed by atoms with Gasteiger partial charge in [0.05, 0.1) is 16.2 Å². The predicted molar refractivity (Wildman–Crippen MR) is 65.1 cm³/mol. The Morgan fingerprint density at radius 1 is 1.44 bits per heavy atom. The lowest BCUT2D eigenvalue weighted by Gasteiger charge is -2.14. The van der Waals surface area contributed by atoms with Crippen molar-refractivity contribution in [3.8, 4) is 0 Å². The van der Waals surface area contributed by atoms with Gasteiger partial charge in [0.25, 0.3) is 5.69 Å². The van der Waals surface area contributed by atoms with Crippen LogP contribution < -0.4 is 5.32 Å². The minimum absolute atomic E-state index is 0.0516. The summed E-state index contributed by atoms with van der Waals surface area (Å²) in [6, 6.07) is 1.36. The molecule has 0 bridgehead atoms. The lowest BCUT2D eigenvalue weighted by atomic mass is 10.1. The fourth-order valence-corrected chi connectivity index (χ4v) is 1.97. The van der Waals surface area contributed by atoms with Crippen LogP contribution in [0.3, 0.4) is 0 Å². The molecule has 0 fully saturated rings. The van der Waals surface area contributed by atoms with Gasteiger partial charge in [0.1, 0.15) is 0 Å². The van der Waals surface area contributed by atoms with Crippen LogP contribution in [0.25, 0.3) is 0 Å². The topological polar surface area (TPSA) is 72.2 Å². The number of nitrogens with one attached hydrogen (secondary N) is 1. The summed E-state index contributed by atoms with van der Waals surface area (Å²) >= 11 is 1.50. The molecule has 0 saturated carbocycles. The van der Waals surface area contributed by atoms with Crippen LogP contribution in [-0.4, -0.2) is 10.8 Å². The summed E-state index contributed by atoms with van der Waals surface area (Å²) in [5.41, 5.74) is -2.39. The molecule has 1 aromatic carbocycles. The van der Waals surface area contributed by atoms with Crippen LogP contribution in [0.15, 0.2) is 12.1 Å². The molecule has 0 aliphatic heterocycles. The molecule has 18 heavy (non-hydrogen) atoms. The molecule has 0 radical (unpaired) electrons. The van der Waals surface area contributed by atoms with Crippen molar-refractivity contribution in [3.05, 3.63) is 31.4 Å². The quantitative estimate of drug-likeness (QED) is 0.491. The number of nitro groups is 1. The fourth-order valence-electron chi connectivity index (χ4n) is 1.22. The summed E-state index contributed by atoms with van der Waals surface area (Å²) in [4.78, 5) is 20.4. The maximum absolute atomic E-state index is 12.7. The molecule has 0 heterocycles. The monoisotopic (exact) mass is 374 g/mol. The number of carbonyl (C=O) groups is 1. The van der Waals surface area contributed by atoms with Crippen LogP contribution in [0.4, 0.5) is 24.5 Å². The number of nitrogens with zero attached hydrogens (tertiary/aromatic N) is 1. The number of anilines is 1. The molecule has 0 atom stereocenters. The van der Waals surface area contributed by atoms with Crippen molar-refractivity contribution >= 4 is 39.9 Å². The van der Waals surface area contributed by atoms with Gasteiger partial charge in [0.15, 0.2) is 0 Å². The van der Waals surface area contributed by atoms with Gasteiger partial charge in [-0.1, -0.05) is 0 Å². The fraction of sp³-hybridized carbons (Fsp3) is 0.222. The zero-order chi connectivity index (χ0) is 14.1. The van der Waals surface area contributed by atoms with E-state index in [2.05, 4.69) is 0 Å². The molecule has 9 heteroatoms. The molecular formula is C9H6F3IN2O3. The average molecular weight is 374 g/mol. The summed E-state index contributed by atoms with van der Waals surface area (Å²) in [6.45, 7) is 1.05. The Morgan fingerprint density at radius 2 is 2.00 bits per heavy atom. The number of alkyl halides is 3. The van der Waals surface area contributed by atoms with Crippen LogP contribution in [0.5, 0.6) is 0 Å². The van der Waals surface area contributed by atoms with Gasteiger partial charge in [0.2, 0.25) is 5.91 Å². The van der Waals surface area contributed by atoms with Crippen molar-refractivity contribution in [2.75, 3.05) is 5.32 Å².